The number of nitrogens with zero attached hydrogens (tertiary/aromatic N) is 4. The highest BCUT2D eigenvalue weighted by Crippen LogP contribution is 2.47. The van der Waals surface area contributed by atoms with E-state index < -0.39 is 0 Å². The largest absolute Gasteiger partial charge is 0.276 e. The molecule has 4 heterocycles. The summed E-state index contributed by atoms with van der Waals surface area (Å²) in [6.45, 7) is 0. The summed E-state index contributed by atoms with van der Waals surface area (Å²) in [6, 6.07) is 58.1. The molecule has 4 aromatic heterocycles. The Morgan fingerprint density at radius 3 is 1.79 bits per heavy atom. The van der Waals surface area contributed by atoms with Gasteiger partial charge in [0.25, 0.3) is 0 Å². The molecule has 4 nitrogen and oxygen atoms in total. The molecule has 52 heavy (non-hydrogen) atoms. The molecule has 0 fully saturated rings. The average Bonchev–Trinajstić information content (AvgIpc) is 3.78. The van der Waals surface area contributed by atoms with Crippen LogP contribution < -0.4 is 0 Å². The van der Waals surface area contributed by atoms with E-state index in [-0.39, 0.29) is 0 Å². The number of aromatic nitrogens is 4. The second-order valence-electron chi connectivity index (χ2n) is 13.2. The average molecular weight is 681 g/mol. The number of hydrogen-bond acceptors (Lipinski definition) is 4. The first-order chi connectivity index (χ1) is 25.8. The van der Waals surface area contributed by atoms with Crippen molar-refractivity contribution in [2.45, 2.75) is 0 Å². The summed E-state index contributed by atoms with van der Waals surface area (Å²) in [7, 11) is 0. The SMILES string of the molecule is c1ccc(-c2cc(-c3ccccc3)cc(-c3nc(-n4c5ccccc5c5c6ccccc6c6c7ccccc7sc6c54)nc4cccnc34)c2)cc1. The molecule has 0 aliphatic heterocycles. The van der Waals surface area contributed by atoms with Crippen LogP contribution in [0.15, 0.2) is 170 Å². The molecule has 0 N–H and O–H groups in total. The third kappa shape index (κ3) is 4.36. The van der Waals surface area contributed by atoms with Gasteiger partial charge in [0, 0.05) is 38.0 Å². The molecule has 0 spiro atoms. The normalized spacial score (nSPS) is 11.8. The molecule has 0 unspecified atom stereocenters. The van der Waals surface area contributed by atoms with Crippen molar-refractivity contribution in [3.05, 3.63) is 170 Å². The van der Waals surface area contributed by atoms with Gasteiger partial charge in [-0.15, -0.1) is 11.3 Å². The van der Waals surface area contributed by atoms with E-state index in [2.05, 4.69) is 162 Å². The topological polar surface area (TPSA) is 43.6 Å². The van der Waals surface area contributed by atoms with Gasteiger partial charge in [-0.05, 0) is 75.5 Å². The lowest BCUT2D eigenvalue weighted by Crippen LogP contribution is -2.04. The number of pyridine rings is 1. The molecule has 11 rings (SSSR count). The van der Waals surface area contributed by atoms with Crippen LogP contribution in [0.2, 0.25) is 0 Å². The molecule has 0 aliphatic carbocycles. The summed E-state index contributed by atoms with van der Waals surface area (Å²) >= 11 is 1.84. The Labute approximate surface area is 302 Å². The molecule has 0 bridgehead atoms. The van der Waals surface area contributed by atoms with E-state index >= 15 is 0 Å². The van der Waals surface area contributed by atoms with Crippen molar-refractivity contribution in [3.8, 4) is 39.5 Å². The Bertz CT molecular complexity index is 3120. The van der Waals surface area contributed by atoms with Crippen molar-refractivity contribution < 1.29 is 0 Å². The monoisotopic (exact) mass is 680 g/mol. The van der Waals surface area contributed by atoms with Crippen LogP contribution in [0.25, 0.3) is 103 Å². The molecule has 0 saturated heterocycles. The summed E-state index contributed by atoms with van der Waals surface area (Å²) < 4.78 is 4.80. The maximum atomic E-state index is 5.52. The summed E-state index contributed by atoms with van der Waals surface area (Å²) in [5.41, 5.74) is 10.1. The molecule has 0 saturated carbocycles. The van der Waals surface area contributed by atoms with Crippen LogP contribution in [0.5, 0.6) is 0 Å². The Morgan fingerprint density at radius 2 is 1.06 bits per heavy atom. The van der Waals surface area contributed by atoms with Gasteiger partial charge in [0.2, 0.25) is 5.95 Å². The maximum absolute atomic E-state index is 5.52. The van der Waals surface area contributed by atoms with Crippen LogP contribution in [0.1, 0.15) is 0 Å². The van der Waals surface area contributed by atoms with Gasteiger partial charge in [-0.3, -0.25) is 9.55 Å². The van der Waals surface area contributed by atoms with Crippen LogP contribution in [0.3, 0.4) is 0 Å². The molecule has 5 heteroatoms. The number of benzene rings is 7. The summed E-state index contributed by atoms with van der Waals surface area (Å²) in [4.78, 5) is 15.7. The lowest BCUT2D eigenvalue weighted by molar-refractivity contribution is 1.01. The van der Waals surface area contributed by atoms with Gasteiger partial charge in [0.05, 0.1) is 21.3 Å². The van der Waals surface area contributed by atoms with E-state index in [9.17, 15) is 0 Å². The second-order valence-corrected chi connectivity index (χ2v) is 14.3. The standard InChI is InChI=1S/C47H28N4S/c1-3-14-29(15-4-1)31-26-32(30-16-5-2-6-17-30)28-33(27-31)43-44-38(22-13-25-48-44)49-47(50-43)51-39-23-11-9-20-36(39)41-34-18-7-8-19-35(34)42-37-21-10-12-24-40(37)52-46(42)45(41)51/h1-28H. The Morgan fingerprint density at radius 1 is 0.462 bits per heavy atom. The van der Waals surface area contributed by atoms with Crippen molar-refractivity contribution in [3.63, 3.8) is 0 Å². The summed E-state index contributed by atoms with van der Waals surface area (Å²) in [5.74, 6) is 0.627. The van der Waals surface area contributed by atoms with Crippen molar-refractivity contribution in [2.75, 3.05) is 0 Å². The number of thiophene rings is 1. The minimum Gasteiger partial charge on any atom is -0.276 e. The predicted molar refractivity (Wildman–Crippen MR) is 218 cm³/mol. The zero-order chi connectivity index (χ0) is 34.2. The van der Waals surface area contributed by atoms with Gasteiger partial charge in [-0.1, -0.05) is 121 Å². The summed E-state index contributed by atoms with van der Waals surface area (Å²) in [5, 5.41) is 7.45. The fourth-order valence-corrected chi connectivity index (χ4v) is 9.21. The highest BCUT2D eigenvalue weighted by Gasteiger charge is 2.24. The van der Waals surface area contributed by atoms with Gasteiger partial charge in [-0.25, -0.2) is 9.97 Å². The zero-order valence-corrected chi connectivity index (χ0v) is 28.7. The van der Waals surface area contributed by atoms with Gasteiger partial charge in [0.1, 0.15) is 11.2 Å². The molecule has 242 valence electrons. The molecule has 0 amide bonds. The Kier molecular flexibility index (Phi) is 6.39. The summed E-state index contributed by atoms with van der Waals surface area (Å²) in [6.07, 6.45) is 1.83. The number of hydrogen-bond donors (Lipinski definition) is 0. The molecule has 0 aliphatic rings. The van der Waals surface area contributed by atoms with Crippen LogP contribution in [-0.2, 0) is 0 Å². The van der Waals surface area contributed by atoms with E-state index in [4.69, 9.17) is 15.0 Å². The molecular weight excluding hydrogens is 653 g/mol. The highest BCUT2D eigenvalue weighted by atomic mass is 32.1. The number of fused-ring (bicyclic) bond motifs is 11. The lowest BCUT2D eigenvalue weighted by atomic mass is 9.94. The molecular formula is C47H28N4S. The smallest absolute Gasteiger partial charge is 0.235 e. The van der Waals surface area contributed by atoms with E-state index in [1.54, 1.807) is 0 Å². The van der Waals surface area contributed by atoms with Gasteiger partial charge in [0.15, 0.2) is 0 Å². The predicted octanol–water partition coefficient (Wildman–Crippen LogP) is 12.6. The zero-order valence-electron chi connectivity index (χ0n) is 27.9. The fraction of sp³-hybridized carbons (Fsp3) is 0. The fourth-order valence-electron chi connectivity index (χ4n) is 7.95. The van der Waals surface area contributed by atoms with Crippen molar-refractivity contribution in [1.82, 2.24) is 19.5 Å². The van der Waals surface area contributed by atoms with Crippen molar-refractivity contribution in [2.24, 2.45) is 0 Å². The van der Waals surface area contributed by atoms with E-state index in [1.807, 2.05) is 23.6 Å². The number of para-hydroxylation sites is 1. The van der Waals surface area contributed by atoms with Gasteiger partial charge < -0.3 is 0 Å². The van der Waals surface area contributed by atoms with Crippen LogP contribution in [0, 0.1) is 0 Å². The van der Waals surface area contributed by atoms with Crippen molar-refractivity contribution in [1.29, 1.82) is 0 Å². The van der Waals surface area contributed by atoms with E-state index in [1.165, 1.54) is 41.7 Å². The Balaban J connectivity index is 1.28. The minimum atomic E-state index is 0.627. The third-order valence-electron chi connectivity index (χ3n) is 10.2. The van der Waals surface area contributed by atoms with E-state index in [0.717, 1.165) is 55.6 Å². The van der Waals surface area contributed by atoms with Crippen LogP contribution in [0.4, 0.5) is 0 Å². The van der Waals surface area contributed by atoms with E-state index in [0.29, 0.717) is 5.95 Å². The lowest BCUT2D eigenvalue weighted by Gasteiger charge is -2.14. The first kappa shape index (κ1) is 29.1. The van der Waals surface area contributed by atoms with Gasteiger partial charge >= 0.3 is 0 Å². The first-order valence-electron chi connectivity index (χ1n) is 17.4. The van der Waals surface area contributed by atoms with Crippen molar-refractivity contribution >= 4 is 75.1 Å². The maximum Gasteiger partial charge on any atom is 0.235 e. The highest BCUT2D eigenvalue weighted by molar-refractivity contribution is 7.27. The second kappa shape index (κ2) is 11.4. The minimum absolute atomic E-state index is 0.627. The third-order valence-corrected chi connectivity index (χ3v) is 11.4. The quantitative estimate of drug-likeness (QED) is 0.186. The molecule has 7 aromatic carbocycles. The molecule has 0 atom stereocenters. The van der Waals surface area contributed by atoms with Crippen LogP contribution in [-0.4, -0.2) is 19.5 Å². The Hall–Kier alpha value is -6.69. The molecule has 0 radical (unpaired) electrons. The molecule has 11 aromatic rings. The first-order valence-corrected chi connectivity index (χ1v) is 18.3. The van der Waals surface area contributed by atoms with Gasteiger partial charge in [-0.2, -0.15) is 0 Å². The number of rotatable bonds is 4. The van der Waals surface area contributed by atoms with Crippen LogP contribution >= 0.6 is 11.3 Å².